The van der Waals surface area contributed by atoms with Gasteiger partial charge in [-0.15, -0.1) is 5.10 Å². The van der Waals surface area contributed by atoms with Crippen molar-refractivity contribution in [2.75, 3.05) is 5.73 Å². The monoisotopic (exact) mass is 293 g/mol. The van der Waals surface area contributed by atoms with Gasteiger partial charge in [0.1, 0.15) is 0 Å². The molecule has 0 aliphatic heterocycles. The molecule has 0 aliphatic carbocycles. The number of nitrogen functional groups attached to an aromatic ring is 1. The van der Waals surface area contributed by atoms with Gasteiger partial charge in [0.25, 0.3) is 0 Å². The number of benzene rings is 1. The molecule has 0 aliphatic rings. The topological polar surface area (TPSA) is 69.6 Å². The smallest absolute Gasteiger partial charge is 0.184 e. The average molecular weight is 294 g/mol. The normalized spacial score (nSPS) is 13.4. The van der Waals surface area contributed by atoms with Gasteiger partial charge in [-0.3, -0.25) is 0 Å². The Morgan fingerprint density at radius 1 is 1.35 bits per heavy atom. The van der Waals surface area contributed by atoms with Gasteiger partial charge in [0.05, 0.1) is 10.7 Å². The molecule has 0 spiro atoms. The molecule has 5 nitrogen and oxygen atoms in total. The number of para-hydroxylation sites is 1. The number of hydrogen-bond acceptors (Lipinski definition) is 4. The van der Waals surface area contributed by atoms with Gasteiger partial charge in [-0.1, -0.05) is 45.4 Å². The standard InChI is InChI=1S/C14H20ClN5/c1-9(14(2,3)4)8-20-13(17-18-19-20)10-6-5-7-11(15)12(10)16/h5-7,9H,8,16H2,1-4H3. The molecule has 2 rings (SSSR count). The van der Waals surface area contributed by atoms with Crippen molar-refractivity contribution in [3.63, 3.8) is 0 Å². The zero-order valence-corrected chi connectivity index (χ0v) is 13.0. The first-order chi connectivity index (χ1) is 9.30. The molecule has 20 heavy (non-hydrogen) atoms. The lowest BCUT2D eigenvalue weighted by Gasteiger charge is -2.27. The first-order valence-corrected chi connectivity index (χ1v) is 6.99. The third-order valence-corrected chi connectivity index (χ3v) is 4.08. The van der Waals surface area contributed by atoms with Crippen LogP contribution in [-0.2, 0) is 6.54 Å². The SMILES string of the molecule is CC(Cn1nnnc1-c1cccc(Cl)c1N)C(C)(C)C. The zero-order valence-electron chi connectivity index (χ0n) is 12.3. The Morgan fingerprint density at radius 3 is 2.70 bits per heavy atom. The van der Waals surface area contributed by atoms with Gasteiger partial charge in [-0.2, -0.15) is 0 Å². The van der Waals surface area contributed by atoms with Gasteiger partial charge in [-0.05, 0) is 33.9 Å². The number of nitrogens with zero attached hydrogens (tertiary/aromatic N) is 4. The lowest BCUT2D eigenvalue weighted by Crippen LogP contribution is -2.23. The lowest BCUT2D eigenvalue weighted by atomic mass is 9.82. The number of halogens is 1. The Hall–Kier alpha value is -1.62. The van der Waals surface area contributed by atoms with Gasteiger partial charge in [0, 0.05) is 12.1 Å². The highest BCUT2D eigenvalue weighted by Gasteiger charge is 2.23. The van der Waals surface area contributed by atoms with Gasteiger partial charge in [-0.25, -0.2) is 4.68 Å². The van der Waals surface area contributed by atoms with Crippen LogP contribution in [0.15, 0.2) is 18.2 Å². The summed E-state index contributed by atoms with van der Waals surface area (Å²) < 4.78 is 1.79. The van der Waals surface area contributed by atoms with Crippen LogP contribution in [0.25, 0.3) is 11.4 Å². The van der Waals surface area contributed by atoms with E-state index in [0.29, 0.717) is 22.5 Å². The van der Waals surface area contributed by atoms with E-state index in [1.54, 1.807) is 10.7 Å². The van der Waals surface area contributed by atoms with Crippen molar-refractivity contribution in [2.45, 2.75) is 34.2 Å². The maximum atomic E-state index is 6.06. The molecule has 1 aromatic heterocycles. The summed E-state index contributed by atoms with van der Waals surface area (Å²) >= 11 is 6.06. The molecular weight excluding hydrogens is 274 g/mol. The number of rotatable bonds is 3. The van der Waals surface area contributed by atoms with E-state index in [1.165, 1.54) is 0 Å². The lowest BCUT2D eigenvalue weighted by molar-refractivity contribution is 0.225. The summed E-state index contributed by atoms with van der Waals surface area (Å²) in [6, 6.07) is 5.48. The third kappa shape index (κ3) is 2.93. The molecule has 0 radical (unpaired) electrons. The highest BCUT2D eigenvalue weighted by atomic mass is 35.5. The molecule has 1 unspecified atom stereocenters. The first-order valence-electron chi connectivity index (χ1n) is 6.61. The predicted molar refractivity (Wildman–Crippen MR) is 81.3 cm³/mol. The van der Waals surface area contributed by atoms with Crippen LogP contribution in [0.3, 0.4) is 0 Å². The molecule has 2 N–H and O–H groups in total. The van der Waals surface area contributed by atoms with Crippen LogP contribution < -0.4 is 5.73 Å². The molecule has 1 atom stereocenters. The Balaban J connectivity index is 2.36. The van der Waals surface area contributed by atoms with Crippen molar-refractivity contribution >= 4 is 17.3 Å². The molecule has 0 saturated carbocycles. The van der Waals surface area contributed by atoms with E-state index in [4.69, 9.17) is 17.3 Å². The number of aromatic nitrogens is 4. The largest absolute Gasteiger partial charge is 0.397 e. The molecule has 0 amide bonds. The molecule has 2 aromatic rings. The summed E-state index contributed by atoms with van der Waals surface area (Å²) in [4.78, 5) is 0. The van der Waals surface area contributed by atoms with Crippen LogP contribution in [0, 0.1) is 11.3 Å². The van der Waals surface area contributed by atoms with Crippen molar-refractivity contribution in [1.82, 2.24) is 20.2 Å². The van der Waals surface area contributed by atoms with Crippen LogP contribution in [0.1, 0.15) is 27.7 Å². The van der Waals surface area contributed by atoms with E-state index in [0.717, 1.165) is 12.1 Å². The maximum absolute atomic E-state index is 6.06. The fraction of sp³-hybridized carbons (Fsp3) is 0.500. The molecule has 6 heteroatoms. The Labute approximate surface area is 124 Å². The van der Waals surface area contributed by atoms with Crippen molar-refractivity contribution in [1.29, 1.82) is 0 Å². The van der Waals surface area contributed by atoms with Gasteiger partial charge < -0.3 is 5.73 Å². The van der Waals surface area contributed by atoms with Gasteiger partial charge in [0.15, 0.2) is 5.82 Å². The number of nitrogens with two attached hydrogens (primary N) is 1. The van der Waals surface area contributed by atoms with Crippen LogP contribution in [0.4, 0.5) is 5.69 Å². The number of anilines is 1. The minimum absolute atomic E-state index is 0.184. The second-order valence-electron chi connectivity index (χ2n) is 6.15. The molecule has 1 aromatic carbocycles. The summed E-state index contributed by atoms with van der Waals surface area (Å²) in [5.74, 6) is 1.08. The van der Waals surface area contributed by atoms with E-state index in [9.17, 15) is 0 Å². The summed E-state index contributed by atoms with van der Waals surface area (Å²) in [7, 11) is 0. The van der Waals surface area contributed by atoms with Crippen molar-refractivity contribution < 1.29 is 0 Å². The van der Waals surface area contributed by atoms with E-state index in [-0.39, 0.29) is 5.41 Å². The zero-order chi connectivity index (χ0) is 14.9. The molecule has 108 valence electrons. The van der Waals surface area contributed by atoms with Crippen LogP contribution in [-0.4, -0.2) is 20.2 Å². The quantitative estimate of drug-likeness (QED) is 0.882. The Bertz CT molecular complexity index is 600. The minimum Gasteiger partial charge on any atom is -0.397 e. The Kier molecular flexibility index (Phi) is 3.99. The van der Waals surface area contributed by atoms with E-state index in [1.807, 2.05) is 12.1 Å². The average Bonchev–Trinajstić information content (AvgIpc) is 2.79. The van der Waals surface area contributed by atoms with Gasteiger partial charge in [0.2, 0.25) is 0 Å². The van der Waals surface area contributed by atoms with Crippen LogP contribution in [0.2, 0.25) is 5.02 Å². The van der Waals surface area contributed by atoms with E-state index < -0.39 is 0 Å². The summed E-state index contributed by atoms with van der Waals surface area (Å²) in [5, 5.41) is 12.4. The molecule has 0 saturated heterocycles. The van der Waals surface area contributed by atoms with Crippen molar-refractivity contribution in [3.8, 4) is 11.4 Å². The third-order valence-electron chi connectivity index (χ3n) is 3.75. The summed E-state index contributed by atoms with van der Waals surface area (Å²) in [6.07, 6.45) is 0. The fourth-order valence-corrected chi connectivity index (χ4v) is 1.96. The highest BCUT2D eigenvalue weighted by molar-refractivity contribution is 6.33. The number of tetrazole rings is 1. The summed E-state index contributed by atoms with van der Waals surface area (Å²) in [6.45, 7) is 9.53. The van der Waals surface area contributed by atoms with Crippen LogP contribution in [0.5, 0.6) is 0 Å². The second-order valence-corrected chi connectivity index (χ2v) is 6.56. The van der Waals surface area contributed by atoms with Gasteiger partial charge >= 0.3 is 0 Å². The van der Waals surface area contributed by atoms with E-state index in [2.05, 4.69) is 43.2 Å². The van der Waals surface area contributed by atoms with Crippen LogP contribution >= 0.6 is 11.6 Å². The first kappa shape index (κ1) is 14.8. The van der Waals surface area contributed by atoms with Crippen molar-refractivity contribution in [2.24, 2.45) is 11.3 Å². The summed E-state index contributed by atoms with van der Waals surface area (Å²) in [5.41, 5.74) is 7.48. The highest BCUT2D eigenvalue weighted by Crippen LogP contribution is 2.31. The van der Waals surface area contributed by atoms with E-state index >= 15 is 0 Å². The minimum atomic E-state index is 0.184. The number of hydrogen-bond donors (Lipinski definition) is 1. The fourth-order valence-electron chi connectivity index (χ4n) is 1.79. The maximum Gasteiger partial charge on any atom is 0.184 e. The molecule has 0 bridgehead atoms. The predicted octanol–water partition coefficient (Wildman–Crippen LogP) is 3.26. The Morgan fingerprint density at radius 2 is 2.05 bits per heavy atom. The molecular formula is C14H20ClN5. The second kappa shape index (κ2) is 5.40. The molecule has 0 fully saturated rings. The molecule has 1 heterocycles. The van der Waals surface area contributed by atoms with Crippen molar-refractivity contribution in [3.05, 3.63) is 23.2 Å².